The van der Waals surface area contributed by atoms with Gasteiger partial charge in [0.1, 0.15) is 0 Å². The third kappa shape index (κ3) is 1.02. The first-order valence-corrected chi connectivity index (χ1v) is 8.78. The molecule has 4 fully saturated rings. The zero-order valence-corrected chi connectivity index (χ0v) is 10.6. The molecule has 0 N–H and O–H groups in total. The van der Waals surface area contributed by atoms with Gasteiger partial charge in [-0.25, -0.2) is 0 Å². The molecule has 14 heavy (non-hydrogen) atoms. The Hall–Kier alpha value is 0.570. The molecule has 0 radical (unpaired) electrons. The van der Waals surface area contributed by atoms with Crippen LogP contribution in [0.4, 0.5) is 0 Å². The van der Waals surface area contributed by atoms with E-state index < -0.39 is 20.4 Å². The van der Waals surface area contributed by atoms with E-state index in [1.54, 1.807) is 0 Å². The Labute approximate surface area is 92.9 Å². The Morgan fingerprint density at radius 1 is 0.643 bits per heavy atom. The van der Waals surface area contributed by atoms with Crippen molar-refractivity contribution < 1.29 is 0 Å². The van der Waals surface area contributed by atoms with Crippen LogP contribution in [0.1, 0.15) is 0 Å². The molecule has 0 spiro atoms. The van der Waals surface area contributed by atoms with Crippen molar-refractivity contribution >= 4 is 20.4 Å². The molecule has 0 aromatic carbocycles. The Morgan fingerprint density at radius 2 is 1.07 bits per heavy atom. The fraction of sp³-hybridized carbons (Fsp3) is 1.00. The van der Waals surface area contributed by atoms with Crippen molar-refractivity contribution in [1.82, 2.24) is 16.0 Å². The molecule has 4 nitrogen and oxygen atoms in total. The first-order chi connectivity index (χ1) is 6.93. The topological polar surface area (TPSA) is 13.0 Å². The second-order valence-corrected chi connectivity index (χ2v) is 9.86. The van der Waals surface area contributed by atoms with Gasteiger partial charge in [-0.2, -0.15) is 0 Å². The average Bonchev–Trinajstić information content (AvgIpc) is 2.77. The number of nitrogens with zero attached hydrogens (tertiary/aromatic N) is 4. The summed E-state index contributed by atoms with van der Waals surface area (Å²) in [5, 5.41) is 0. The SMILES string of the molecule is C1CN2CCN3CCN4CCN1C2I43. The predicted molar refractivity (Wildman–Crippen MR) is 64.1 cm³/mol. The Morgan fingerprint density at radius 3 is 1.64 bits per heavy atom. The average molecular weight is 308 g/mol. The molecule has 0 aromatic rings. The maximum absolute atomic E-state index is 2.85. The van der Waals surface area contributed by atoms with E-state index in [1.165, 1.54) is 52.4 Å². The zero-order valence-electron chi connectivity index (χ0n) is 8.40. The Bertz CT molecular complexity index is 211. The summed E-state index contributed by atoms with van der Waals surface area (Å²) in [6.07, 6.45) is 0. The molecule has 4 heterocycles. The van der Waals surface area contributed by atoms with Gasteiger partial charge in [-0.1, -0.05) is 0 Å². The quantitative estimate of drug-likeness (QED) is 0.267. The van der Waals surface area contributed by atoms with Gasteiger partial charge in [0.2, 0.25) is 0 Å². The summed E-state index contributed by atoms with van der Waals surface area (Å²) in [4.78, 5) is 5.53. The summed E-state index contributed by atoms with van der Waals surface area (Å²) in [5.41, 5.74) is 0. The number of alkyl halides is 1. The van der Waals surface area contributed by atoms with Gasteiger partial charge in [0, 0.05) is 0 Å². The van der Waals surface area contributed by atoms with Gasteiger partial charge in [-0.05, 0) is 0 Å². The second kappa shape index (κ2) is 3.04. The number of hydrogen-bond acceptors (Lipinski definition) is 4. The number of rotatable bonds is 0. The summed E-state index contributed by atoms with van der Waals surface area (Å²) in [7, 11) is 0. The van der Waals surface area contributed by atoms with E-state index in [4.69, 9.17) is 0 Å². The molecule has 0 atom stereocenters. The minimum atomic E-state index is -0.935. The molecule has 5 heteroatoms. The monoisotopic (exact) mass is 308 g/mol. The van der Waals surface area contributed by atoms with Crippen LogP contribution in [0, 0.1) is 0 Å². The molecule has 0 aliphatic carbocycles. The molecule has 0 saturated carbocycles. The van der Waals surface area contributed by atoms with Gasteiger partial charge in [0.15, 0.2) is 0 Å². The van der Waals surface area contributed by atoms with E-state index in [0.717, 1.165) is 4.17 Å². The molecular formula is C9H17IN4. The zero-order chi connectivity index (χ0) is 9.12. The van der Waals surface area contributed by atoms with Crippen molar-refractivity contribution in [3.63, 3.8) is 0 Å². The van der Waals surface area contributed by atoms with Crippen LogP contribution in [0.2, 0.25) is 0 Å². The predicted octanol–water partition coefficient (Wildman–Crippen LogP) is -0.131. The van der Waals surface area contributed by atoms with E-state index in [-0.39, 0.29) is 0 Å². The fourth-order valence-corrected chi connectivity index (χ4v) is 10.7. The van der Waals surface area contributed by atoms with Crippen molar-refractivity contribution in [2.45, 2.75) is 4.17 Å². The second-order valence-electron chi connectivity index (χ2n) is 4.47. The molecule has 4 aliphatic heterocycles. The van der Waals surface area contributed by atoms with E-state index in [0.29, 0.717) is 0 Å². The molecule has 0 aromatic heterocycles. The van der Waals surface area contributed by atoms with E-state index in [9.17, 15) is 0 Å². The van der Waals surface area contributed by atoms with Gasteiger partial charge >= 0.3 is 92.9 Å². The summed E-state index contributed by atoms with van der Waals surface area (Å²) in [6, 6.07) is 0. The molecule has 80 valence electrons. The van der Waals surface area contributed by atoms with E-state index in [2.05, 4.69) is 16.0 Å². The summed E-state index contributed by atoms with van der Waals surface area (Å²) in [6.45, 7) is 10.9. The third-order valence-electron chi connectivity index (χ3n) is 3.79. The van der Waals surface area contributed by atoms with Crippen LogP contribution in [-0.2, 0) is 0 Å². The first-order valence-electron chi connectivity index (χ1n) is 5.60. The molecule has 4 saturated heterocycles. The summed E-state index contributed by atoms with van der Waals surface area (Å²) >= 11 is -0.935. The van der Waals surface area contributed by atoms with Crippen LogP contribution in [0.3, 0.4) is 0 Å². The molecule has 0 bridgehead atoms. The van der Waals surface area contributed by atoms with Crippen molar-refractivity contribution in [2.24, 2.45) is 0 Å². The van der Waals surface area contributed by atoms with Crippen molar-refractivity contribution in [1.29, 1.82) is 0 Å². The summed E-state index contributed by atoms with van der Waals surface area (Å²) in [5.74, 6) is 0. The number of hydrogen-bond donors (Lipinski definition) is 0. The third-order valence-corrected chi connectivity index (χ3v) is 11.1. The number of halogens is 1. The van der Waals surface area contributed by atoms with Crippen LogP contribution in [0.15, 0.2) is 0 Å². The Kier molecular flexibility index (Phi) is 1.89. The summed E-state index contributed by atoms with van der Waals surface area (Å²) < 4.78 is 6.59. The van der Waals surface area contributed by atoms with Crippen LogP contribution in [-0.4, -0.2) is 72.6 Å². The van der Waals surface area contributed by atoms with Gasteiger partial charge in [-0.3, -0.25) is 0 Å². The van der Waals surface area contributed by atoms with Gasteiger partial charge < -0.3 is 0 Å². The van der Waals surface area contributed by atoms with Crippen LogP contribution >= 0.6 is 20.4 Å². The Balaban J connectivity index is 1.73. The van der Waals surface area contributed by atoms with Crippen LogP contribution in [0.25, 0.3) is 0 Å². The fourth-order valence-electron chi connectivity index (χ4n) is 3.04. The minimum absolute atomic E-state index is 0.893. The molecule has 0 unspecified atom stereocenters. The van der Waals surface area contributed by atoms with Gasteiger partial charge in [-0.15, -0.1) is 0 Å². The van der Waals surface area contributed by atoms with Crippen molar-refractivity contribution in [3.8, 4) is 0 Å². The van der Waals surface area contributed by atoms with Gasteiger partial charge in [0.05, 0.1) is 0 Å². The molecule has 4 aliphatic rings. The van der Waals surface area contributed by atoms with Crippen LogP contribution in [0.5, 0.6) is 0 Å². The normalized spacial score (nSPS) is 38.1. The molecular weight excluding hydrogens is 291 g/mol. The van der Waals surface area contributed by atoms with Crippen LogP contribution < -0.4 is 0 Å². The van der Waals surface area contributed by atoms with E-state index >= 15 is 0 Å². The molecule has 0 amide bonds. The molecule has 4 rings (SSSR count). The maximum atomic E-state index is 2.85. The first kappa shape index (κ1) is 8.69. The van der Waals surface area contributed by atoms with Crippen molar-refractivity contribution in [3.05, 3.63) is 0 Å². The van der Waals surface area contributed by atoms with Crippen molar-refractivity contribution in [2.75, 3.05) is 52.4 Å². The van der Waals surface area contributed by atoms with E-state index in [1.807, 2.05) is 0 Å². The van der Waals surface area contributed by atoms with Gasteiger partial charge in [0.25, 0.3) is 0 Å². The standard InChI is InChI=1S/C9H17IN4/c1-2-12-4-6-14-8-7-13-5-3-11(1)9(12)10(13)14/h9H,1-8H2.